The van der Waals surface area contributed by atoms with E-state index in [0.29, 0.717) is 11.5 Å². The molecule has 0 fully saturated rings. The molecule has 0 unspecified atom stereocenters. The lowest BCUT2D eigenvalue weighted by Crippen LogP contribution is -1.97. The van der Waals surface area contributed by atoms with E-state index >= 15 is 0 Å². The Morgan fingerprint density at radius 3 is 3.17 bits per heavy atom. The van der Waals surface area contributed by atoms with Crippen LogP contribution in [0, 0.1) is 6.92 Å². The van der Waals surface area contributed by atoms with Crippen LogP contribution in [0.15, 0.2) is 35.0 Å². The number of hydrazone groups is 1. The van der Waals surface area contributed by atoms with Gasteiger partial charge in [0, 0.05) is 4.88 Å². The molecule has 3 aromatic heterocycles. The number of anilines is 1. The van der Waals surface area contributed by atoms with Gasteiger partial charge in [-0.15, -0.1) is 26.6 Å². The SMILES string of the molecule is Cc1ccsc1C=NNc1ccc2nncn2n1. The molecule has 0 aliphatic heterocycles. The number of nitrogens with zero attached hydrogens (tertiary/aromatic N) is 5. The predicted molar refractivity (Wildman–Crippen MR) is 71.1 cm³/mol. The maximum absolute atomic E-state index is 4.25. The third-order valence-corrected chi connectivity index (χ3v) is 3.38. The minimum absolute atomic E-state index is 0.646. The van der Waals surface area contributed by atoms with E-state index in [9.17, 15) is 0 Å². The Bertz CT molecular complexity index is 698. The molecule has 0 aliphatic rings. The van der Waals surface area contributed by atoms with Crippen LogP contribution in [0.4, 0.5) is 5.82 Å². The quantitative estimate of drug-likeness (QED) is 0.576. The Balaban J connectivity index is 1.76. The molecule has 0 saturated carbocycles. The first kappa shape index (κ1) is 10.8. The fraction of sp³-hybridized carbons (Fsp3) is 0.0909. The van der Waals surface area contributed by atoms with E-state index in [1.165, 1.54) is 5.56 Å². The van der Waals surface area contributed by atoms with Crippen LogP contribution in [0.2, 0.25) is 0 Å². The lowest BCUT2D eigenvalue weighted by Gasteiger charge is -1.98. The van der Waals surface area contributed by atoms with Crippen molar-refractivity contribution in [1.82, 2.24) is 19.8 Å². The van der Waals surface area contributed by atoms with Gasteiger partial charge in [-0.1, -0.05) is 0 Å². The number of fused-ring (bicyclic) bond motifs is 1. The van der Waals surface area contributed by atoms with Crippen LogP contribution in [-0.4, -0.2) is 26.0 Å². The van der Waals surface area contributed by atoms with Gasteiger partial charge in [0.25, 0.3) is 0 Å². The molecule has 6 nitrogen and oxygen atoms in total. The summed E-state index contributed by atoms with van der Waals surface area (Å²) in [6.45, 7) is 2.05. The van der Waals surface area contributed by atoms with E-state index in [-0.39, 0.29) is 0 Å². The highest BCUT2D eigenvalue weighted by molar-refractivity contribution is 7.11. The second-order valence-electron chi connectivity index (χ2n) is 3.69. The summed E-state index contributed by atoms with van der Waals surface area (Å²) in [6, 6.07) is 5.70. The summed E-state index contributed by atoms with van der Waals surface area (Å²) in [6.07, 6.45) is 3.34. The minimum atomic E-state index is 0.646. The molecule has 0 saturated heterocycles. The van der Waals surface area contributed by atoms with Crippen LogP contribution in [0.3, 0.4) is 0 Å². The first-order valence-corrected chi connectivity index (χ1v) is 6.21. The molecule has 0 aliphatic carbocycles. The van der Waals surface area contributed by atoms with Crippen LogP contribution in [0.25, 0.3) is 5.65 Å². The van der Waals surface area contributed by atoms with Crippen LogP contribution < -0.4 is 5.43 Å². The van der Waals surface area contributed by atoms with Crippen molar-refractivity contribution in [1.29, 1.82) is 0 Å². The molecule has 0 bridgehead atoms. The third-order valence-electron chi connectivity index (χ3n) is 2.42. The smallest absolute Gasteiger partial charge is 0.177 e. The van der Waals surface area contributed by atoms with Gasteiger partial charge >= 0.3 is 0 Å². The van der Waals surface area contributed by atoms with Crippen molar-refractivity contribution in [3.8, 4) is 0 Å². The zero-order valence-electron chi connectivity index (χ0n) is 9.61. The van der Waals surface area contributed by atoms with E-state index in [2.05, 4.69) is 38.8 Å². The molecule has 3 rings (SSSR count). The van der Waals surface area contributed by atoms with Crippen molar-refractivity contribution in [3.63, 3.8) is 0 Å². The summed E-state index contributed by atoms with van der Waals surface area (Å²) in [7, 11) is 0. The molecule has 18 heavy (non-hydrogen) atoms. The Kier molecular flexibility index (Phi) is 2.73. The van der Waals surface area contributed by atoms with Gasteiger partial charge in [0.15, 0.2) is 11.5 Å². The number of hydrogen-bond acceptors (Lipinski definition) is 6. The first-order valence-electron chi connectivity index (χ1n) is 5.33. The second kappa shape index (κ2) is 4.53. The molecule has 90 valence electrons. The summed E-state index contributed by atoms with van der Waals surface area (Å²) in [5.74, 6) is 0.646. The maximum Gasteiger partial charge on any atom is 0.177 e. The van der Waals surface area contributed by atoms with E-state index in [1.54, 1.807) is 28.4 Å². The fourth-order valence-corrected chi connectivity index (χ4v) is 2.25. The van der Waals surface area contributed by atoms with E-state index in [1.807, 2.05) is 17.5 Å². The Morgan fingerprint density at radius 1 is 1.39 bits per heavy atom. The van der Waals surface area contributed by atoms with E-state index < -0.39 is 0 Å². The van der Waals surface area contributed by atoms with Gasteiger partial charge in [-0.2, -0.15) is 9.62 Å². The molecule has 0 atom stereocenters. The van der Waals surface area contributed by atoms with Crippen LogP contribution in [-0.2, 0) is 0 Å². The molecule has 3 aromatic rings. The predicted octanol–water partition coefficient (Wildman–Crippen LogP) is 1.94. The summed E-state index contributed by atoms with van der Waals surface area (Å²) in [5.41, 5.74) is 4.80. The van der Waals surface area contributed by atoms with Crippen molar-refractivity contribution in [2.75, 3.05) is 5.43 Å². The summed E-state index contributed by atoms with van der Waals surface area (Å²) in [5, 5.41) is 18.1. The number of rotatable bonds is 3. The van der Waals surface area contributed by atoms with Crippen molar-refractivity contribution in [2.45, 2.75) is 6.92 Å². The Hall–Kier alpha value is -2.28. The van der Waals surface area contributed by atoms with Gasteiger partial charge in [-0.25, -0.2) is 0 Å². The van der Waals surface area contributed by atoms with Gasteiger partial charge in [0.2, 0.25) is 0 Å². The Morgan fingerprint density at radius 2 is 2.33 bits per heavy atom. The highest BCUT2D eigenvalue weighted by Crippen LogP contribution is 2.12. The van der Waals surface area contributed by atoms with Gasteiger partial charge in [-0.05, 0) is 36.1 Å². The molecule has 0 radical (unpaired) electrons. The summed E-state index contributed by atoms with van der Waals surface area (Å²) in [4.78, 5) is 1.13. The van der Waals surface area contributed by atoms with Crippen LogP contribution in [0.1, 0.15) is 10.4 Å². The number of thiophene rings is 1. The molecule has 0 aromatic carbocycles. The fourth-order valence-electron chi connectivity index (χ4n) is 1.46. The molecule has 3 heterocycles. The lowest BCUT2D eigenvalue weighted by molar-refractivity contribution is 0.925. The van der Waals surface area contributed by atoms with Crippen molar-refractivity contribution in [2.24, 2.45) is 5.10 Å². The molecule has 0 spiro atoms. The molecular formula is C11H10N6S. The highest BCUT2D eigenvalue weighted by Gasteiger charge is 1.98. The summed E-state index contributed by atoms with van der Waals surface area (Å²) < 4.78 is 1.59. The highest BCUT2D eigenvalue weighted by atomic mass is 32.1. The largest absolute Gasteiger partial charge is 0.260 e. The summed E-state index contributed by atoms with van der Waals surface area (Å²) >= 11 is 1.65. The van der Waals surface area contributed by atoms with E-state index in [0.717, 1.165) is 4.88 Å². The lowest BCUT2D eigenvalue weighted by atomic mass is 10.3. The molecule has 1 N–H and O–H groups in total. The Labute approximate surface area is 107 Å². The first-order chi connectivity index (χ1) is 8.83. The van der Waals surface area contributed by atoms with Gasteiger partial charge in [0.05, 0.1) is 6.21 Å². The zero-order chi connectivity index (χ0) is 12.4. The second-order valence-corrected chi connectivity index (χ2v) is 4.64. The minimum Gasteiger partial charge on any atom is -0.260 e. The van der Waals surface area contributed by atoms with Gasteiger partial charge in [-0.3, -0.25) is 5.43 Å². The average Bonchev–Trinajstić information content (AvgIpc) is 2.98. The average molecular weight is 258 g/mol. The maximum atomic E-state index is 4.25. The third kappa shape index (κ3) is 2.07. The monoisotopic (exact) mass is 258 g/mol. The zero-order valence-corrected chi connectivity index (χ0v) is 10.4. The number of aromatic nitrogens is 4. The number of aryl methyl sites for hydroxylation is 1. The van der Waals surface area contributed by atoms with Crippen molar-refractivity contribution < 1.29 is 0 Å². The number of nitrogens with one attached hydrogen (secondary N) is 1. The van der Waals surface area contributed by atoms with Crippen LogP contribution in [0.5, 0.6) is 0 Å². The van der Waals surface area contributed by atoms with E-state index in [4.69, 9.17) is 0 Å². The molecular weight excluding hydrogens is 248 g/mol. The van der Waals surface area contributed by atoms with Gasteiger partial charge in [0.1, 0.15) is 6.33 Å². The molecule has 0 amide bonds. The normalized spacial score (nSPS) is 11.4. The van der Waals surface area contributed by atoms with Gasteiger partial charge < -0.3 is 0 Å². The van der Waals surface area contributed by atoms with Crippen molar-refractivity contribution >= 4 is 29.0 Å². The van der Waals surface area contributed by atoms with Crippen molar-refractivity contribution in [3.05, 3.63) is 40.3 Å². The molecule has 7 heteroatoms. The number of hydrogen-bond donors (Lipinski definition) is 1. The standard InChI is InChI=1S/C11H10N6S/c1-8-4-5-18-9(8)6-12-14-10-2-3-11-15-13-7-17(11)16-10/h2-7H,1H3,(H,14,16). The topological polar surface area (TPSA) is 67.5 Å². The van der Waals surface area contributed by atoms with Crippen LogP contribution >= 0.6 is 11.3 Å².